The minimum absolute atomic E-state index is 0.0393. The van der Waals surface area contributed by atoms with Crippen molar-refractivity contribution in [2.45, 2.75) is 0 Å². The zero-order valence-electron chi connectivity index (χ0n) is 10.7. The standard InChI is InChI=1S/C13H10Cl2N2O3/c1-19-9-6-16-11(13(17-9)20-2)12(18)7-4-3-5-8(14)10(7)15/h3-6H,1-2H3. The van der Waals surface area contributed by atoms with Crippen LogP contribution in [-0.4, -0.2) is 30.0 Å². The Kier molecular flexibility index (Phi) is 4.42. The molecule has 0 bridgehead atoms. The molecule has 0 aliphatic carbocycles. The number of carbonyl (C=O) groups excluding carboxylic acids is 1. The number of hydrogen-bond acceptors (Lipinski definition) is 5. The fraction of sp³-hybridized carbons (Fsp3) is 0.154. The quantitative estimate of drug-likeness (QED) is 0.812. The zero-order chi connectivity index (χ0) is 14.7. The highest BCUT2D eigenvalue weighted by Crippen LogP contribution is 2.29. The highest BCUT2D eigenvalue weighted by atomic mass is 35.5. The molecule has 1 aromatic carbocycles. The van der Waals surface area contributed by atoms with Crippen LogP contribution in [0.15, 0.2) is 24.4 Å². The largest absolute Gasteiger partial charge is 0.480 e. The van der Waals surface area contributed by atoms with Crippen molar-refractivity contribution < 1.29 is 14.3 Å². The van der Waals surface area contributed by atoms with Gasteiger partial charge in [-0.25, -0.2) is 4.98 Å². The molecule has 0 aliphatic heterocycles. The molecular formula is C13H10Cl2N2O3. The molecule has 104 valence electrons. The monoisotopic (exact) mass is 312 g/mol. The Morgan fingerprint density at radius 2 is 1.95 bits per heavy atom. The van der Waals surface area contributed by atoms with E-state index in [0.29, 0.717) is 0 Å². The average molecular weight is 313 g/mol. The van der Waals surface area contributed by atoms with E-state index < -0.39 is 5.78 Å². The molecule has 0 amide bonds. The van der Waals surface area contributed by atoms with Crippen LogP contribution in [0.25, 0.3) is 0 Å². The third-order valence-corrected chi connectivity index (χ3v) is 3.35. The lowest BCUT2D eigenvalue weighted by Crippen LogP contribution is -2.09. The van der Waals surface area contributed by atoms with Crippen LogP contribution in [0, 0.1) is 0 Å². The van der Waals surface area contributed by atoms with Crippen LogP contribution in [0.4, 0.5) is 0 Å². The van der Waals surface area contributed by atoms with E-state index in [4.69, 9.17) is 32.7 Å². The van der Waals surface area contributed by atoms with Gasteiger partial charge in [0.25, 0.3) is 0 Å². The van der Waals surface area contributed by atoms with Gasteiger partial charge in [0.1, 0.15) is 0 Å². The number of nitrogens with zero attached hydrogens (tertiary/aromatic N) is 2. The van der Waals surface area contributed by atoms with Gasteiger partial charge in [-0.3, -0.25) is 4.79 Å². The molecule has 0 N–H and O–H groups in total. The first-order chi connectivity index (χ1) is 9.58. The lowest BCUT2D eigenvalue weighted by atomic mass is 10.1. The van der Waals surface area contributed by atoms with Crippen molar-refractivity contribution in [2.24, 2.45) is 0 Å². The maximum atomic E-state index is 12.4. The first-order valence-electron chi connectivity index (χ1n) is 5.52. The average Bonchev–Trinajstić information content (AvgIpc) is 2.48. The summed E-state index contributed by atoms with van der Waals surface area (Å²) in [4.78, 5) is 20.4. The van der Waals surface area contributed by atoms with E-state index in [1.165, 1.54) is 20.4 Å². The second-order valence-electron chi connectivity index (χ2n) is 3.70. The van der Waals surface area contributed by atoms with Crippen molar-refractivity contribution in [1.82, 2.24) is 9.97 Å². The Labute approximate surface area is 125 Å². The molecule has 0 radical (unpaired) electrons. The second kappa shape index (κ2) is 6.07. The minimum atomic E-state index is -0.426. The number of halogens is 2. The van der Waals surface area contributed by atoms with Crippen LogP contribution in [0.2, 0.25) is 10.0 Å². The van der Waals surface area contributed by atoms with E-state index in [1.54, 1.807) is 18.2 Å². The number of aromatic nitrogens is 2. The molecule has 0 fully saturated rings. The van der Waals surface area contributed by atoms with Gasteiger partial charge in [0.15, 0.2) is 5.69 Å². The van der Waals surface area contributed by atoms with E-state index in [0.717, 1.165) is 0 Å². The first-order valence-corrected chi connectivity index (χ1v) is 6.27. The molecule has 0 atom stereocenters. The summed E-state index contributed by atoms with van der Waals surface area (Å²) in [6.07, 6.45) is 1.33. The van der Waals surface area contributed by atoms with Crippen LogP contribution in [0.5, 0.6) is 11.8 Å². The summed E-state index contributed by atoms with van der Waals surface area (Å²) in [5.41, 5.74) is 0.273. The SMILES string of the molecule is COc1cnc(C(=O)c2cccc(Cl)c2Cl)c(OC)n1. The van der Waals surface area contributed by atoms with Crippen LogP contribution in [-0.2, 0) is 0 Å². The summed E-state index contributed by atoms with van der Waals surface area (Å²) in [7, 11) is 2.83. The fourth-order valence-electron chi connectivity index (χ4n) is 1.56. The number of hydrogen-bond donors (Lipinski definition) is 0. The van der Waals surface area contributed by atoms with E-state index in [2.05, 4.69) is 9.97 Å². The van der Waals surface area contributed by atoms with Crippen LogP contribution in [0.3, 0.4) is 0 Å². The summed E-state index contributed by atoms with van der Waals surface area (Å²) in [6, 6.07) is 4.78. The summed E-state index contributed by atoms with van der Waals surface area (Å²) >= 11 is 11.9. The van der Waals surface area contributed by atoms with Crippen LogP contribution < -0.4 is 9.47 Å². The Hall–Kier alpha value is -1.85. The van der Waals surface area contributed by atoms with Crippen molar-refractivity contribution in [3.8, 4) is 11.8 Å². The molecular weight excluding hydrogens is 303 g/mol. The van der Waals surface area contributed by atoms with E-state index in [-0.39, 0.29) is 33.1 Å². The van der Waals surface area contributed by atoms with Gasteiger partial charge >= 0.3 is 0 Å². The molecule has 0 saturated heterocycles. The Morgan fingerprint density at radius 3 is 2.60 bits per heavy atom. The third-order valence-electron chi connectivity index (χ3n) is 2.53. The smallest absolute Gasteiger partial charge is 0.247 e. The van der Waals surface area contributed by atoms with Gasteiger partial charge in [-0.1, -0.05) is 29.3 Å². The van der Waals surface area contributed by atoms with Crippen molar-refractivity contribution in [2.75, 3.05) is 14.2 Å². The molecule has 20 heavy (non-hydrogen) atoms. The highest BCUT2D eigenvalue weighted by molar-refractivity contribution is 6.44. The van der Waals surface area contributed by atoms with Crippen molar-refractivity contribution >= 4 is 29.0 Å². The van der Waals surface area contributed by atoms with E-state index in [1.807, 2.05) is 0 Å². The molecule has 0 aliphatic rings. The van der Waals surface area contributed by atoms with E-state index >= 15 is 0 Å². The Bertz CT molecular complexity index is 662. The molecule has 2 rings (SSSR count). The van der Waals surface area contributed by atoms with Gasteiger partial charge in [-0.05, 0) is 12.1 Å². The van der Waals surface area contributed by atoms with Gasteiger partial charge in [-0.2, -0.15) is 4.98 Å². The predicted octanol–water partition coefficient (Wildman–Crippen LogP) is 3.03. The zero-order valence-corrected chi connectivity index (χ0v) is 12.2. The molecule has 5 nitrogen and oxygen atoms in total. The minimum Gasteiger partial charge on any atom is -0.480 e. The van der Waals surface area contributed by atoms with Crippen molar-refractivity contribution in [3.63, 3.8) is 0 Å². The fourth-order valence-corrected chi connectivity index (χ4v) is 1.95. The predicted molar refractivity (Wildman–Crippen MR) is 75.0 cm³/mol. The lowest BCUT2D eigenvalue weighted by Gasteiger charge is -2.08. The van der Waals surface area contributed by atoms with Gasteiger partial charge in [0.05, 0.1) is 30.5 Å². The van der Waals surface area contributed by atoms with Gasteiger partial charge in [0, 0.05) is 5.56 Å². The van der Waals surface area contributed by atoms with Crippen molar-refractivity contribution in [3.05, 3.63) is 45.7 Å². The summed E-state index contributed by atoms with van der Waals surface area (Å²) in [5.74, 6) is -0.120. The van der Waals surface area contributed by atoms with Gasteiger partial charge in [0.2, 0.25) is 17.5 Å². The van der Waals surface area contributed by atoms with Gasteiger partial charge < -0.3 is 9.47 Å². The maximum Gasteiger partial charge on any atom is 0.247 e. The lowest BCUT2D eigenvalue weighted by molar-refractivity contribution is 0.103. The molecule has 7 heteroatoms. The molecule has 1 heterocycles. The second-order valence-corrected chi connectivity index (χ2v) is 4.49. The first kappa shape index (κ1) is 14.6. The summed E-state index contributed by atoms with van der Waals surface area (Å²) < 4.78 is 9.98. The molecule has 2 aromatic rings. The van der Waals surface area contributed by atoms with Crippen LogP contribution >= 0.6 is 23.2 Å². The Morgan fingerprint density at radius 1 is 1.20 bits per heavy atom. The maximum absolute atomic E-state index is 12.4. The number of benzene rings is 1. The number of methoxy groups -OCH3 is 2. The Balaban J connectivity index is 2.50. The summed E-state index contributed by atoms with van der Waals surface area (Å²) in [5, 5.41) is 0.455. The number of rotatable bonds is 4. The van der Waals surface area contributed by atoms with E-state index in [9.17, 15) is 4.79 Å². The highest BCUT2D eigenvalue weighted by Gasteiger charge is 2.21. The van der Waals surface area contributed by atoms with Gasteiger partial charge in [-0.15, -0.1) is 0 Å². The molecule has 0 saturated carbocycles. The van der Waals surface area contributed by atoms with Crippen LogP contribution in [0.1, 0.15) is 16.1 Å². The topological polar surface area (TPSA) is 61.3 Å². The molecule has 1 aromatic heterocycles. The molecule has 0 spiro atoms. The number of ether oxygens (including phenoxy) is 2. The number of ketones is 1. The normalized spacial score (nSPS) is 10.2. The third kappa shape index (κ3) is 2.69. The molecule has 0 unspecified atom stereocenters. The number of carbonyl (C=O) groups is 1. The van der Waals surface area contributed by atoms with Crippen molar-refractivity contribution in [1.29, 1.82) is 0 Å². The summed E-state index contributed by atoms with van der Waals surface area (Å²) in [6.45, 7) is 0.